The molecule has 0 saturated carbocycles. The Labute approximate surface area is 153 Å². The van der Waals surface area contributed by atoms with Crippen LogP contribution in [-0.2, 0) is 11.3 Å². The number of nitrogens with two attached hydrogens (primary N) is 2. The van der Waals surface area contributed by atoms with Gasteiger partial charge in [0.1, 0.15) is 5.84 Å². The number of pyridine rings is 1. The summed E-state index contributed by atoms with van der Waals surface area (Å²) < 4.78 is 0. The van der Waals surface area contributed by atoms with E-state index < -0.39 is 0 Å². The average molecular weight is 349 g/mol. The van der Waals surface area contributed by atoms with Crippen molar-refractivity contribution in [2.75, 3.05) is 6.54 Å². The molecule has 0 atom stereocenters. The normalized spacial score (nSPS) is 13.3. The molecule has 1 aromatic heterocycles. The fraction of sp³-hybridized carbons (Fsp3) is 0.250. The Kier molecular flexibility index (Phi) is 5.43. The molecule has 0 radical (unpaired) electrons. The lowest BCUT2D eigenvalue weighted by atomic mass is 10.0. The molecular formula is C20H23N5O. The molecule has 1 aromatic carbocycles. The molecule has 0 aliphatic carbocycles. The van der Waals surface area contributed by atoms with Crippen molar-refractivity contribution >= 4 is 23.5 Å². The molecule has 0 spiro atoms. The van der Waals surface area contributed by atoms with Crippen molar-refractivity contribution in [2.24, 2.45) is 16.5 Å². The molecule has 1 aliphatic rings. The summed E-state index contributed by atoms with van der Waals surface area (Å²) in [4.78, 5) is 21.1. The van der Waals surface area contributed by atoms with Gasteiger partial charge in [-0.15, -0.1) is 0 Å². The molecule has 0 saturated heterocycles. The Bertz CT molecular complexity index is 868. The minimum Gasteiger partial charge on any atom is -0.387 e. The highest BCUT2D eigenvalue weighted by atomic mass is 16.1. The van der Waals surface area contributed by atoms with Crippen molar-refractivity contribution in [3.8, 4) is 11.1 Å². The van der Waals surface area contributed by atoms with Gasteiger partial charge in [0.2, 0.25) is 5.91 Å². The number of nitrogens with zero attached hydrogens (tertiary/aromatic N) is 2. The fourth-order valence-corrected chi connectivity index (χ4v) is 2.78. The number of fused-ring (bicyclic) bond motifs is 1. The van der Waals surface area contributed by atoms with Crippen LogP contribution in [0.2, 0.25) is 0 Å². The lowest BCUT2D eigenvalue weighted by molar-refractivity contribution is -0.117. The maximum Gasteiger partial charge on any atom is 0.247 e. The second kappa shape index (κ2) is 7.93. The molecule has 26 heavy (non-hydrogen) atoms. The monoisotopic (exact) mass is 349 g/mol. The van der Waals surface area contributed by atoms with Gasteiger partial charge in [0, 0.05) is 42.4 Å². The van der Waals surface area contributed by atoms with Crippen molar-refractivity contribution in [3.63, 3.8) is 0 Å². The molecular weight excluding hydrogens is 326 g/mol. The second-order valence-electron chi connectivity index (χ2n) is 6.22. The molecule has 3 rings (SSSR count). The van der Waals surface area contributed by atoms with E-state index in [0.29, 0.717) is 30.9 Å². The van der Waals surface area contributed by atoms with Gasteiger partial charge in [-0.05, 0) is 30.2 Å². The number of hydrogen-bond acceptors (Lipinski definition) is 5. The number of benzene rings is 1. The van der Waals surface area contributed by atoms with E-state index in [2.05, 4.69) is 15.3 Å². The van der Waals surface area contributed by atoms with Crippen LogP contribution >= 0.6 is 0 Å². The van der Waals surface area contributed by atoms with Gasteiger partial charge in [-0.1, -0.05) is 25.1 Å². The van der Waals surface area contributed by atoms with E-state index in [0.717, 1.165) is 34.5 Å². The summed E-state index contributed by atoms with van der Waals surface area (Å²) in [6.07, 6.45) is 4.89. The van der Waals surface area contributed by atoms with Gasteiger partial charge >= 0.3 is 0 Å². The third-order valence-electron chi connectivity index (χ3n) is 4.19. The van der Waals surface area contributed by atoms with E-state index in [1.807, 2.05) is 43.3 Å². The Morgan fingerprint density at radius 3 is 2.73 bits per heavy atom. The topological polar surface area (TPSA) is 106 Å². The first-order chi connectivity index (χ1) is 12.6. The number of carbonyl (C=O) groups is 1. The van der Waals surface area contributed by atoms with Crippen LogP contribution in [0.3, 0.4) is 0 Å². The van der Waals surface area contributed by atoms with Gasteiger partial charge in [-0.3, -0.25) is 9.78 Å². The first-order valence-electron chi connectivity index (χ1n) is 8.72. The van der Waals surface area contributed by atoms with Crippen LogP contribution in [0.5, 0.6) is 0 Å². The molecule has 0 unspecified atom stereocenters. The number of aromatic nitrogens is 1. The number of hydrogen-bond donors (Lipinski definition) is 3. The van der Waals surface area contributed by atoms with Crippen molar-refractivity contribution < 1.29 is 4.79 Å². The van der Waals surface area contributed by atoms with Crippen LogP contribution in [0.25, 0.3) is 17.2 Å². The van der Waals surface area contributed by atoms with Crippen molar-refractivity contribution in [3.05, 3.63) is 53.4 Å². The van der Waals surface area contributed by atoms with Gasteiger partial charge < -0.3 is 16.8 Å². The van der Waals surface area contributed by atoms with Crippen molar-refractivity contribution in [1.29, 1.82) is 0 Å². The van der Waals surface area contributed by atoms with Crippen molar-refractivity contribution in [1.82, 2.24) is 10.3 Å². The van der Waals surface area contributed by atoms with Crippen LogP contribution in [0, 0.1) is 0 Å². The summed E-state index contributed by atoms with van der Waals surface area (Å²) in [5.74, 6) is 0.332. The van der Waals surface area contributed by atoms with E-state index >= 15 is 0 Å². The van der Waals surface area contributed by atoms with Crippen LogP contribution < -0.4 is 16.8 Å². The van der Waals surface area contributed by atoms with Crippen molar-refractivity contribution in [2.45, 2.75) is 26.3 Å². The predicted octanol–water partition coefficient (Wildman–Crippen LogP) is 2.51. The van der Waals surface area contributed by atoms with E-state index in [4.69, 9.17) is 11.5 Å². The van der Waals surface area contributed by atoms with Crippen LogP contribution in [0.1, 0.15) is 31.0 Å². The van der Waals surface area contributed by atoms with E-state index in [1.165, 1.54) is 0 Å². The maximum atomic E-state index is 12.3. The van der Waals surface area contributed by atoms with Gasteiger partial charge in [-0.2, -0.15) is 0 Å². The first kappa shape index (κ1) is 17.8. The van der Waals surface area contributed by atoms with Crippen LogP contribution in [0.4, 0.5) is 5.69 Å². The third kappa shape index (κ3) is 3.97. The second-order valence-corrected chi connectivity index (χ2v) is 6.22. The predicted molar refractivity (Wildman–Crippen MR) is 105 cm³/mol. The molecule has 2 aromatic rings. The largest absolute Gasteiger partial charge is 0.387 e. The summed E-state index contributed by atoms with van der Waals surface area (Å²) in [5.41, 5.74) is 16.7. The standard InChI is InChI=1S/C20H23N5O/c1-2-7-23-20(26)16-8-14-4-3-13(9-18(14)25-19(22)10-16)15-5-6-17(11-21)24-12-15/h3-6,8-9,12H,2,7,10-11,21H2,1H3,(H2,22,25)(H,23,26). The van der Waals surface area contributed by atoms with E-state index in [1.54, 1.807) is 6.20 Å². The minimum absolute atomic E-state index is 0.0940. The Hall–Kier alpha value is -2.99. The zero-order chi connectivity index (χ0) is 18.5. The lowest BCUT2D eigenvalue weighted by Gasteiger charge is -2.07. The van der Waals surface area contributed by atoms with Gasteiger partial charge in [0.05, 0.1) is 11.4 Å². The van der Waals surface area contributed by atoms with E-state index in [-0.39, 0.29) is 5.91 Å². The highest BCUT2D eigenvalue weighted by Crippen LogP contribution is 2.31. The number of amidine groups is 1. The zero-order valence-electron chi connectivity index (χ0n) is 14.8. The number of nitrogens with one attached hydrogen (secondary N) is 1. The molecule has 6 nitrogen and oxygen atoms in total. The molecule has 1 amide bonds. The lowest BCUT2D eigenvalue weighted by Crippen LogP contribution is -2.27. The van der Waals surface area contributed by atoms with E-state index in [9.17, 15) is 4.79 Å². The summed E-state index contributed by atoms with van der Waals surface area (Å²) in [6.45, 7) is 3.08. The van der Waals surface area contributed by atoms with Crippen LogP contribution in [-0.4, -0.2) is 23.3 Å². The Balaban J connectivity index is 1.94. The summed E-state index contributed by atoms with van der Waals surface area (Å²) in [5, 5.41) is 2.89. The summed E-state index contributed by atoms with van der Waals surface area (Å²) >= 11 is 0. The quantitative estimate of drug-likeness (QED) is 0.771. The fourth-order valence-electron chi connectivity index (χ4n) is 2.78. The number of carbonyl (C=O) groups excluding carboxylic acids is 1. The third-order valence-corrected chi connectivity index (χ3v) is 4.19. The van der Waals surface area contributed by atoms with Gasteiger partial charge in [0.25, 0.3) is 0 Å². The molecule has 0 fully saturated rings. The average Bonchev–Trinajstić information content (AvgIpc) is 2.83. The van der Waals surface area contributed by atoms with Crippen LogP contribution in [0.15, 0.2) is 47.1 Å². The van der Waals surface area contributed by atoms with Gasteiger partial charge in [-0.25, -0.2) is 4.99 Å². The summed E-state index contributed by atoms with van der Waals surface area (Å²) in [7, 11) is 0. The molecule has 1 aliphatic heterocycles. The maximum absolute atomic E-state index is 12.3. The highest BCUT2D eigenvalue weighted by Gasteiger charge is 2.16. The smallest absolute Gasteiger partial charge is 0.247 e. The molecule has 6 heteroatoms. The molecule has 5 N–H and O–H groups in total. The molecule has 134 valence electrons. The SMILES string of the molecule is CCCNC(=O)C1=Cc2ccc(-c3ccc(CN)nc3)cc2N=C(N)C1. The molecule has 0 bridgehead atoms. The zero-order valence-corrected chi connectivity index (χ0v) is 14.8. The number of rotatable bonds is 5. The number of aliphatic imine (C=N–C) groups is 1. The summed E-state index contributed by atoms with van der Waals surface area (Å²) in [6, 6.07) is 9.81. The first-order valence-corrected chi connectivity index (χ1v) is 8.72. The highest BCUT2D eigenvalue weighted by molar-refractivity contribution is 6.05. The Morgan fingerprint density at radius 2 is 2.04 bits per heavy atom. The molecule has 2 heterocycles. The van der Waals surface area contributed by atoms with Gasteiger partial charge in [0.15, 0.2) is 0 Å². The number of amides is 1. The Morgan fingerprint density at radius 1 is 1.23 bits per heavy atom. The minimum atomic E-state index is -0.0940.